The Bertz CT molecular complexity index is 404. The largest absolute Gasteiger partial charge is 0.491 e. The highest BCUT2D eigenvalue weighted by atomic mass is 16.5. The molecule has 1 aromatic rings. The van der Waals surface area contributed by atoms with Gasteiger partial charge in [0.2, 0.25) is 0 Å². The SMILES string of the molecule is CC(C)c1cccc(OCCOCCN2CCNCC2)c1. The minimum Gasteiger partial charge on any atom is -0.491 e. The summed E-state index contributed by atoms with van der Waals surface area (Å²) in [5.41, 5.74) is 1.31. The summed E-state index contributed by atoms with van der Waals surface area (Å²) in [5, 5.41) is 3.35. The zero-order valence-electron chi connectivity index (χ0n) is 13.3. The molecule has 0 unspecified atom stereocenters. The summed E-state index contributed by atoms with van der Waals surface area (Å²) in [6, 6.07) is 8.31. The van der Waals surface area contributed by atoms with E-state index in [0.717, 1.165) is 45.1 Å². The maximum Gasteiger partial charge on any atom is 0.119 e. The van der Waals surface area contributed by atoms with Crippen molar-refractivity contribution >= 4 is 0 Å². The smallest absolute Gasteiger partial charge is 0.119 e. The highest BCUT2D eigenvalue weighted by Gasteiger charge is 2.08. The first-order valence-corrected chi connectivity index (χ1v) is 7.99. The fourth-order valence-electron chi connectivity index (χ4n) is 2.41. The summed E-state index contributed by atoms with van der Waals surface area (Å²) in [6.45, 7) is 11.9. The molecule has 21 heavy (non-hydrogen) atoms. The number of hydrogen-bond donors (Lipinski definition) is 1. The summed E-state index contributed by atoms with van der Waals surface area (Å²) in [5.74, 6) is 1.47. The standard InChI is InChI=1S/C17H28N2O2/c1-15(2)16-4-3-5-17(14-16)21-13-12-20-11-10-19-8-6-18-7-9-19/h3-5,14-15,18H,6-13H2,1-2H3. The van der Waals surface area contributed by atoms with Gasteiger partial charge in [-0.2, -0.15) is 0 Å². The Morgan fingerprint density at radius 3 is 2.71 bits per heavy atom. The number of rotatable bonds is 8. The molecule has 1 N–H and O–H groups in total. The van der Waals surface area contributed by atoms with E-state index in [1.807, 2.05) is 6.07 Å². The first-order valence-electron chi connectivity index (χ1n) is 7.99. The summed E-state index contributed by atoms with van der Waals surface area (Å²) >= 11 is 0. The van der Waals surface area contributed by atoms with E-state index in [0.29, 0.717) is 19.1 Å². The number of nitrogens with zero attached hydrogens (tertiary/aromatic N) is 1. The molecule has 2 rings (SSSR count). The van der Waals surface area contributed by atoms with Crippen molar-refractivity contribution in [1.82, 2.24) is 10.2 Å². The maximum atomic E-state index is 5.74. The van der Waals surface area contributed by atoms with Gasteiger partial charge in [0.1, 0.15) is 12.4 Å². The zero-order valence-corrected chi connectivity index (χ0v) is 13.3. The molecule has 0 radical (unpaired) electrons. The van der Waals surface area contributed by atoms with Gasteiger partial charge in [-0.15, -0.1) is 0 Å². The third kappa shape index (κ3) is 6.04. The number of piperazine rings is 1. The second-order valence-electron chi connectivity index (χ2n) is 5.78. The molecule has 0 saturated carbocycles. The molecular formula is C17H28N2O2. The van der Waals surface area contributed by atoms with Crippen LogP contribution in [0.1, 0.15) is 25.3 Å². The summed E-state index contributed by atoms with van der Waals surface area (Å²) in [7, 11) is 0. The van der Waals surface area contributed by atoms with Crippen LogP contribution in [0.15, 0.2) is 24.3 Å². The predicted octanol–water partition coefficient (Wildman–Crippen LogP) is 2.11. The van der Waals surface area contributed by atoms with Gasteiger partial charge in [0.15, 0.2) is 0 Å². The maximum absolute atomic E-state index is 5.74. The van der Waals surface area contributed by atoms with Crippen LogP contribution in [-0.2, 0) is 4.74 Å². The van der Waals surface area contributed by atoms with Gasteiger partial charge in [-0.1, -0.05) is 26.0 Å². The third-order valence-electron chi connectivity index (χ3n) is 3.78. The van der Waals surface area contributed by atoms with E-state index < -0.39 is 0 Å². The molecule has 0 amide bonds. The highest BCUT2D eigenvalue weighted by Crippen LogP contribution is 2.19. The Kier molecular flexibility index (Phi) is 7.00. The second-order valence-corrected chi connectivity index (χ2v) is 5.78. The molecule has 0 spiro atoms. The number of ether oxygens (including phenoxy) is 2. The van der Waals surface area contributed by atoms with E-state index in [2.05, 4.69) is 42.3 Å². The van der Waals surface area contributed by atoms with E-state index in [1.54, 1.807) is 0 Å². The van der Waals surface area contributed by atoms with Crippen LogP contribution in [-0.4, -0.2) is 57.4 Å². The molecule has 1 aromatic carbocycles. The van der Waals surface area contributed by atoms with Gasteiger partial charge in [0.25, 0.3) is 0 Å². The van der Waals surface area contributed by atoms with Crippen LogP contribution in [0.5, 0.6) is 5.75 Å². The number of nitrogens with one attached hydrogen (secondary N) is 1. The van der Waals surface area contributed by atoms with E-state index in [9.17, 15) is 0 Å². The molecule has 0 aliphatic carbocycles. The molecule has 4 heteroatoms. The van der Waals surface area contributed by atoms with Crippen molar-refractivity contribution in [3.63, 3.8) is 0 Å². The van der Waals surface area contributed by atoms with Gasteiger partial charge >= 0.3 is 0 Å². The minimum absolute atomic E-state index is 0.531. The normalized spacial score (nSPS) is 16.3. The quantitative estimate of drug-likeness (QED) is 0.744. The van der Waals surface area contributed by atoms with Crippen molar-refractivity contribution in [2.24, 2.45) is 0 Å². The topological polar surface area (TPSA) is 33.7 Å². The van der Waals surface area contributed by atoms with Crippen LogP contribution in [0, 0.1) is 0 Å². The first kappa shape index (κ1) is 16.3. The Labute approximate surface area is 128 Å². The van der Waals surface area contributed by atoms with Crippen molar-refractivity contribution < 1.29 is 9.47 Å². The Morgan fingerprint density at radius 1 is 1.14 bits per heavy atom. The monoisotopic (exact) mass is 292 g/mol. The van der Waals surface area contributed by atoms with Crippen molar-refractivity contribution in [2.45, 2.75) is 19.8 Å². The molecule has 1 saturated heterocycles. The lowest BCUT2D eigenvalue weighted by atomic mass is 10.0. The molecule has 4 nitrogen and oxygen atoms in total. The molecule has 1 aliphatic rings. The van der Waals surface area contributed by atoms with E-state index in [-0.39, 0.29) is 0 Å². The average Bonchev–Trinajstić information content (AvgIpc) is 2.52. The van der Waals surface area contributed by atoms with Crippen molar-refractivity contribution in [3.05, 3.63) is 29.8 Å². The molecule has 0 atom stereocenters. The van der Waals surface area contributed by atoms with Gasteiger partial charge in [0.05, 0.1) is 13.2 Å². The lowest BCUT2D eigenvalue weighted by Gasteiger charge is -2.26. The van der Waals surface area contributed by atoms with Crippen molar-refractivity contribution in [2.75, 3.05) is 52.5 Å². The zero-order chi connectivity index (χ0) is 14.9. The van der Waals surface area contributed by atoms with E-state index >= 15 is 0 Å². The molecule has 1 aliphatic heterocycles. The van der Waals surface area contributed by atoms with Crippen LogP contribution >= 0.6 is 0 Å². The fraction of sp³-hybridized carbons (Fsp3) is 0.647. The van der Waals surface area contributed by atoms with Crippen LogP contribution in [0.3, 0.4) is 0 Å². The first-order chi connectivity index (χ1) is 10.3. The lowest BCUT2D eigenvalue weighted by Crippen LogP contribution is -2.44. The van der Waals surface area contributed by atoms with Gasteiger partial charge in [-0.05, 0) is 23.6 Å². The Hall–Kier alpha value is -1.10. The van der Waals surface area contributed by atoms with Crippen LogP contribution in [0.25, 0.3) is 0 Å². The molecule has 1 fully saturated rings. The summed E-state index contributed by atoms with van der Waals surface area (Å²) < 4.78 is 11.4. The Balaban J connectivity index is 1.56. The van der Waals surface area contributed by atoms with Crippen molar-refractivity contribution in [1.29, 1.82) is 0 Å². The molecule has 1 heterocycles. The third-order valence-corrected chi connectivity index (χ3v) is 3.78. The number of benzene rings is 1. The number of hydrogen-bond acceptors (Lipinski definition) is 4. The minimum atomic E-state index is 0.531. The van der Waals surface area contributed by atoms with Gasteiger partial charge in [-0.25, -0.2) is 0 Å². The van der Waals surface area contributed by atoms with Crippen LogP contribution in [0.4, 0.5) is 0 Å². The van der Waals surface area contributed by atoms with Gasteiger partial charge in [0, 0.05) is 32.7 Å². The van der Waals surface area contributed by atoms with Crippen LogP contribution in [0.2, 0.25) is 0 Å². The second kappa shape index (κ2) is 9.03. The summed E-state index contributed by atoms with van der Waals surface area (Å²) in [6.07, 6.45) is 0. The lowest BCUT2D eigenvalue weighted by molar-refractivity contribution is 0.0767. The van der Waals surface area contributed by atoms with Gasteiger partial charge < -0.3 is 14.8 Å². The molecule has 118 valence electrons. The van der Waals surface area contributed by atoms with Crippen molar-refractivity contribution in [3.8, 4) is 5.75 Å². The molecule has 0 aromatic heterocycles. The predicted molar refractivity (Wildman–Crippen MR) is 86.2 cm³/mol. The fourth-order valence-corrected chi connectivity index (χ4v) is 2.41. The summed E-state index contributed by atoms with van der Waals surface area (Å²) in [4.78, 5) is 2.43. The highest BCUT2D eigenvalue weighted by molar-refractivity contribution is 5.30. The van der Waals surface area contributed by atoms with Crippen LogP contribution < -0.4 is 10.1 Å². The Morgan fingerprint density at radius 2 is 1.95 bits per heavy atom. The molecular weight excluding hydrogens is 264 g/mol. The van der Waals surface area contributed by atoms with E-state index in [1.165, 1.54) is 5.56 Å². The average molecular weight is 292 g/mol. The van der Waals surface area contributed by atoms with Gasteiger partial charge in [-0.3, -0.25) is 4.90 Å². The molecule has 0 bridgehead atoms. The van der Waals surface area contributed by atoms with E-state index in [4.69, 9.17) is 9.47 Å².